The van der Waals surface area contributed by atoms with E-state index in [0.29, 0.717) is 22.9 Å². The summed E-state index contributed by atoms with van der Waals surface area (Å²) in [6, 6.07) is 8.41. The van der Waals surface area contributed by atoms with E-state index in [0.717, 1.165) is 6.42 Å². The van der Waals surface area contributed by atoms with Crippen molar-refractivity contribution in [1.29, 1.82) is 0 Å². The molecule has 0 radical (unpaired) electrons. The molecular weight excluding hydrogens is 358 g/mol. The molecular formula is C18H23NO4S2. The van der Waals surface area contributed by atoms with Crippen molar-refractivity contribution in [1.82, 2.24) is 4.31 Å². The molecule has 1 aromatic carbocycles. The maximum absolute atomic E-state index is 12.7. The first kappa shape index (κ1) is 18.4. The molecule has 0 amide bonds. The van der Waals surface area contributed by atoms with Crippen LogP contribution in [0.2, 0.25) is 0 Å². The molecule has 1 saturated heterocycles. The van der Waals surface area contributed by atoms with Crippen LogP contribution >= 0.6 is 0 Å². The van der Waals surface area contributed by atoms with Crippen LogP contribution in [0.25, 0.3) is 0 Å². The molecule has 1 aliphatic carbocycles. The average molecular weight is 382 g/mol. The van der Waals surface area contributed by atoms with E-state index >= 15 is 0 Å². The van der Waals surface area contributed by atoms with Crippen LogP contribution in [0.3, 0.4) is 0 Å². The molecule has 3 atom stereocenters. The van der Waals surface area contributed by atoms with E-state index in [2.05, 4.69) is 0 Å². The van der Waals surface area contributed by atoms with E-state index in [-0.39, 0.29) is 17.8 Å². The highest BCUT2D eigenvalue weighted by molar-refractivity contribution is 7.95. The van der Waals surface area contributed by atoms with Crippen LogP contribution in [0.1, 0.15) is 13.3 Å². The van der Waals surface area contributed by atoms with Crippen LogP contribution in [0.4, 0.5) is 0 Å². The zero-order chi connectivity index (χ0) is 18.2. The van der Waals surface area contributed by atoms with Gasteiger partial charge in [-0.2, -0.15) is 0 Å². The minimum atomic E-state index is -3.51. The molecule has 2 aliphatic rings. The highest BCUT2D eigenvalue weighted by Crippen LogP contribution is 2.37. The summed E-state index contributed by atoms with van der Waals surface area (Å²) in [4.78, 5) is 0.612. The molecule has 25 heavy (non-hydrogen) atoms. The molecule has 0 spiro atoms. The van der Waals surface area contributed by atoms with Gasteiger partial charge in [0.05, 0.1) is 16.1 Å². The molecule has 136 valence electrons. The summed E-state index contributed by atoms with van der Waals surface area (Å²) in [5.41, 5.74) is 0. The van der Waals surface area contributed by atoms with E-state index in [9.17, 15) is 16.8 Å². The smallest absolute Gasteiger partial charge is 0.211 e. The van der Waals surface area contributed by atoms with Crippen molar-refractivity contribution in [3.05, 3.63) is 53.5 Å². The average Bonchev–Trinajstić information content (AvgIpc) is 3.05. The first-order chi connectivity index (χ1) is 11.7. The third-order valence-corrected chi connectivity index (χ3v) is 8.14. The maximum atomic E-state index is 12.7. The van der Waals surface area contributed by atoms with Gasteiger partial charge in [0.25, 0.3) is 0 Å². The van der Waals surface area contributed by atoms with Gasteiger partial charge >= 0.3 is 0 Å². The maximum Gasteiger partial charge on any atom is 0.211 e. The number of benzene rings is 1. The van der Waals surface area contributed by atoms with Crippen molar-refractivity contribution in [3.8, 4) is 0 Å². The second-order valence-electron chi connectivity index (χ2n) is 6.85. The Kier molecular flexibility index (Phi) is 4.92. The second-order valence-corrected chi connectivity index (χ2v) is 10.8. The van der Waals surface area contributed by atoms with Crippen LogP contribution in [0.5, 0.6) is 0 Å². The van der Waals surface area contributed by atoms with E-state index in [1.165, 1.54) is 10.6 Å². The quantitative estimate of drug-likeness (QED) is 0.803. The Hall–Kier alpha value is -1.44. The number of sulfonamides is 1. The van der Waals surface area contributed by atoms with Crippen LogP contribution in [-0.4, -0.2) is 40.5 Å². The summed E-state index contributed by atoms with van der Waals surface area (Å²) in [6.45, 7) is 3.05. The largest absolute Gasteiger partial charge is 0.219 e. The van der Waals surface area contributed by atoms with Crippen molar-refractivity contribution in [2.75, 3.05) is 19.3 Å². The number of hydrogen-bond acceptors (Lipinski definition) is 4. The summed E-state index contributed by atoms with van der Waals surface area (Å²) in [6.07, 6.45) is 7.46. The van der Waals surface area contributed by atoms with E-state index in [4.69, 9.17) is 0 Å². The molecule has 1 aliphatic heterocycles. The van der Waals surface area contributed by atoms with Gasteiger partial charge in [0.1, 0.15) is 0 Å². The number of sulfone groups is 1. The third kappa shape index (κ3) is 3.73. The summed E-state index contributed by atoms with van der Waals surface area (Å²) < 4.78 is 50.4. The Bertz CT molecular complexity index is 902. The van der Waals surface area contributed by atoms with Crippen molar-refractivity contribution in [3.63, 3.8) is 0 Å². The van der Waals surface area contributed by atoms with E-state index in [1.807, 2.05) is 13.0 Å². The van der Waals surface area contributed by atoms with Crippen LogP contribution in [0.15, 0.2) is 58.4 Å². The third-order valence-electron chi connectivity index (χ3n) is 5.08. The Morgan fingerprint density at radius 1 is 1.08 bits per heavy atom. The fourth-order valence-electron chi connectivity index (χ4n) is 3.68. The summed E-state index contributed by atoms with van der Waals surface area (Å²) in [5, 5.41) is 0. The predicted molar refractivity (Wildman–Crippen MR) is 98.0 cm³/mol. The van der Waals surface area contributed by atoms with E-state index < -0.39 is 19.9 Å². The SMILES string of the molecule is CC1C=C(S(=O)(=O)c2ccccc2)C=CC1[C@@H]1CCN(S(C)(=O)=O)C1. The van der Waals surface area contributed by atoms with Gasteiger partial charge in [-0.3, -0.25) is 0 Å². The van der Waals surface area contributed by atoms with Gasteiger partial charge in [-0.25, -0.2) is 21.1 Å². The number of nitrogens with zero attached hydrogens (tertiary/aromatic N) is 1. The predicted octanol–water partition coefficient (Wildman–Crippen LogP) is 2.45. The summed E-state index contributed by atoms with van der Waals surface area (Å²) in [7, 11) is -6.67. The van der Waals surface area contributed by atoms with Crippen molar-refractivity contribution in [2.45, 2.75) is 18.2 Å². The topological polar surface area (TPSA) is 71.5 Å². The Labute approximate surface area is 150 Å². The molecule has 1 fully saturated rings. The molecule has 5 nitrogen and oxygen atoms in total. The zero-order valence-electron chi connectivity index (χ0n) is 14.4. The lowest BCUT2D eigenvalue weighted by Crippen LogP contribution is -2.30. The Morgan fingerprint density at radius 2 is 1.76 bits per heavy atom. The Balaban J connectivity index is 1.78. The number of hydrogen-bond donors (Lipinski definition) is 0. The minimum Gasteiger partial charge on any atom is -0.219 e. The fourth-order valence-corrected chi connectivity index (χ4v) is 6.02. The molecule has 0 saturated carbocycles. The molecule has 0 N–H and O–H groups in total. The van der Waals surface area contributed by atoms with Crippen molar-refractivity contribution >= 4 is 19.9 Å². The molecule has 1 heterocycles. The lowest BCUT2D eigenvalue weighted by Gasteiger charge is -2.28. The first-order valence-corrected chi connectivity index (χ1v) is 11.7. The molecule has 7 heteroatoms. The van der Waals surface area contributed by atoms with Gasteiger partial charge in [-0.1, -0.05) is 37.3 Å². The van der Waals surface area contributed by atoms with Crippen LogP contribution < -0.4 is 0 Å². The number of rotatable bonds is 4. The summed E-state index contributed by atoms with van der Waals surface area (Å²) in [5.74, 6) is 0.419. The van der Waals surface area contributed by atoms with Gasteiger partial charge in [-0.15, -0.1) is 0 Å². The molecule has 0 aromatic heterocycles. The van der Waals surface area contributed by atoms with Gasteiger partial charge in [0, 0.05) is 13.1 Å². The monoisotopic (exact) mass is 381 g/mol. The van der Waals surface area contributed by atoms with Gasteiger partial charge in [-0.05, 0) is 42.4 Å². The van der Waals surface area contributed by atoms with E-state index in [1.54, 1.807) is 42.5 Å². The van der Waals surface area contributed by atoms with Gasteiger partial charge in [0.2, 0.25) is 19.9 Å². The highest BCUT2D eigenvalue weighted by atomic mass is 32.2. The number of allylic oxidation sites excluding steroid dienone is 3. The second kappa shape index (κ2) is 6.70. The van der Waals surface area contributed by atoms with Gasteiger partial charge < -0.3 is 0 Å². The first-order valence-electron chi connectivity index (χ1n) is 8.35. The zero-order valence-corrected chi connectivity index (χ0v) is 16.0. The minimum absolute atomic E-state index is 0.0444. The van der Waals surface area contributed by atoms with Gasteiger partial charge in [0.15, 0.2) is 0 Å². The standard InChI is InChI=1S/C18H23NO4S2/c1-14-12-17(25(22,23)16-6-4-3-5-7-16)8-9-18(14)15-10-11-19(13-15)24(2,20)21/h3-9,12,14-15,18H,10-11,13H2,1-2H3/t14?,15-,18?/m1/s1. The lowest BCUT2D eigenvalue weighted by molar-refractivity contribution is 0.339. The molecule has 3 rings (SSSR count). The highest BCUT2D eigenvalue weighted by Gasteiger charge is 2.36. The molecule has 1 aromatic rings. The van der Waals surface area contributed by atoms with Crippen LogP contribution in [0, 0.1) is 17.8 Å². The Morgan fingerprint density at radius 3 is 2.32 bits per heavy atom. The normalized spacial score (nSPS) is 28.1. The van der Waals surface area contributed by atoms with Crippen LogP contribution in [-0.2, 0) is 19.9 Å². The lowest BCUT2D eigenvalue weighted by atomic mass is 9.79. The fraction of sp³-hybridized carbons (Fsp3) is 0.444. The summed E-state index contributed by atoms with van der Waals surface area (Å²) >= 11 is 0. The van der Waals surface area contributed by atoms with Crippen molar-refractivity contribution in [2.24, 2.45) is 17.8 Å². The molecule has 0 bridgehead atoms. The van der Waals surface area contributed by atoms with Crippen molar-refractivity contribution < 1.29 is 16.8 Å². The molecule has 2 unspecified atom stereocenters.